The Labute approximate surface area is 134 Å². The molecule has 1 atom stereocenters. The first-order valence-electron chi connectivity index (χ1n) is 7.39. The van der Waals surface area contributed by atoms with Crippen molar-refractivity contribution < 1.29 is 9.53 Å². The Hall–Kier alpha value is -2.06. The van der Waals surface area contributed by atoms with Gasteiger partial charge < -0.3 is 4.74 Å². The SMILES string of the molecule is CC(=O)O[C@H]1C(Cl)=CC2c3ccccc3C1c1ccccc12. The summed E-state index contributed by atoms with van der Waals surface area (Å²) >= 11 is 6.53. The summed E-state index contributed by atoms with van der Waals surface area (Å²) in [6.07, 6.45) is 1.58. The van der Waals surface area contributed by atoms with E-state index in [2.05, 4.69) is 24.3 Å². The van der Waals surface area contributed by atoms with Crippen LogP contribution < -0.4 is 0 Å². The smallest absolute Gasteiger partial charge is 0.303 e. The zero-order valence-corrected chi connectivity index (χ0v) is 12.9. The normalized spacial score (nSPS) is 24.8. The molecule has 2 nitrogen and oxygen atoms in total. The lowest BCUT2D eigenvalue weighted by atomic mass is 9.73. The van der Waals surface area contributed by atoms with Gasteiger partial charge in [0.1, 0.15) is 6.10 Å². The van der Waals surface area contributed by atoms with Crippen LogP contribution in [0.15, 0.2) is 59.6 Å². The monoisotopic (exact) mass is 310 g/mol. The molecule has 0 aliphatic heterocycles. The Bertz CT molecular complexity index is 746. The van der Waals surface area contributed by atoms with Crippen LogP contribution >= 0.6 is 11.6 Å². The van der Waals surface area contributed by atoms with Crippen molar-refractivity contribution in [1.29, 1.82) is 0 Å². The van der Waals surface area contributed by atoms with Gasteiger partial charge in [-0.3, -0.25) is 4.79 Å². The molecule has 0 radical (unpaired) electrons. The summed E-state index contributed by atoms with van der Waals surface area (Å²) in [6, 6.07) is 16.7. The van der Waals surface area contributed by atoms with Crippen LogP contribution in [0, 0.1) is 0 Å². The van der Waals surface area contributed by atoms with Crippen LogP contribution in [-0.2, 0) is 9.53 Å². The largest absolute Gasteiger partial charge is 0.456 e. The van der Waals surface area contributed by atoms with Gasteiger partial charge in [0.15, 0.2) is 0 Å². The molecule has 0 aromatic heterocycles. The Kier molecular flexibility index (Phi) is 3.08. The van der Waals surface area contributed by atoms with E-state index in [1.54, 1.807) is 0 Å². The molecule has 2 aromatic rings. The van der Waals surface area contributed by atoms with E-state index >= 15 is 0 Å². The van der Waals surface area contributed by atoms with Crippen molar-refractivity contribution >= 4 is 17.6 Å². The van der Waals surface area contributed by atoms with Crippen LogP contribution in [0.3, 0.4) is 0 Å². The molecule has 5 rings (SSSR count). The standard InChI is InChI=1S/C19H15ClO2/c1-11(21)22-19-17(20)10-16-12-6-2-4-8-14(12)18(19)15-9-5-3-7-13(15)16/h2-10,16,18-19H,1H3/t16?,18?,19-/m0/s1. The first-order valence-corrected chi connectivity index (χ1v) is 7.76. The first-order chi connectivity index (χ1) is 10.7. The molecule has 0 amide bonds. The van der Waals surface area contributed by atoms with Gasteiger partial charge in [-0.25, -0.2) is 0 Å². The third-order valence-electron chi connectivity index (χ3n) is 4.53. The van der Waals surface area contributed by atoms with Crippen molar-refractivity contribution in [3.63, 3.8) is 0 Å². The summed E-state index contributed by atoms with van der Waals surface area (Å²) in [6.45, 7) is 1.43. The number of rotatable bonds is 1. The van der Waals surface area contributed by atoms with Gasteiger partial charge in [0, 0.05) is 12.8 Å². The molecule has 0 N–H and O–H groups in total. The lowest BCUT2D eigenvalue weighted by molar-refractivity contribution is -0.144. The Morgan fingerprint density at radius 3 is 1.95 bits per heavy atom. The first kappa shape index (κ1) is 13.6. The van der Waals surface area contributed by atoms with Crippen molar-refractivity contribution in [2.75, 3.05) is 0 Å². The Morgan fingerprint density at radius 2 is 1.45 bits per heavy atom. The number of halogens is 1. The average molecular weight is 311 g/mol. The minimum Gasteiger partial charge on any atom is -0.456 e. The maximum absolute atomic E-state index is 11.6. The second-order valence-corrected chi connectivity index (χ2v) is 6.23. The van der Waals surface area contributed by atoms with Crippen molar-refractivity contribution in [2.45, 2.75) is 24.9 Å². The van der Waals surface area contributed by atoms with Crippen molar-refractivity contribution in [3.05, 3.63) is 81.9 Å². The van der Waals surface area contributed by atoms with Crippen LogP contribution in [0.5, 0.6) is 0 Å². The Balaban J connectivity index is 2.00. The lowest BCUT2D eigenvalue weighted by Crippen LogP contribution is -2.27. The van der Waals surface area contributed by atoms with Gasteiger partial charge in [-0.05, 0) is 22.3 Å². The molecule has 0 spiro atoms. The van der Waals surface area contributed by atoms with E-state index in [1.165, 1.54) is 29.2 Å². The number of ether oxygens (including phenoxy) is 1. The maximum Gasteiger partial charge on any atom is 0.303 e. The molecule has 3 aliphatic rings. The molecule has 110 valence electrons. The Morgan fingerprint density at radius 1 is 0.955 bits per heavy atom. The van der Waals surface area contributed by atoms with E-state index in [4.69, 9.17) is 16.3 Å². The molecule has 0 heterocycles. The summed E-state index contributed by atoms with van der Waals surface area (Å²) in [5.41, 5.74) is 4.90. The molecular formula is C19H15ClO2. The number of esters is 1. The van der Waals surface area contributed by atoms with Crippen LogP contribution in [0.1, 0.15) is 41.0 Å². The van der Waals surface area contributed by atoms with E-state index in [1.807, 2.05) is 30.3 Å². The third kappa shape index (κ3) is 1.91. The zero-order valence-electron chi connectivity index (χ0n) is 12.1. The molecule has 22 heavy (non-hydrogen) atoms. The van der Waals surface area contributed by atoms with Gasteiger partial charge >= 0.3 is 5.97 Å². The van der Waals surface area contributed by atoms with Crippen LogP contribution in [0.2, 0.25) is 0 Å². The summed E-state index contributed by atoms with van der Waals surface area (Å²) in [4.78, 5) is 11.6. The maximum atomic E-state index is 11.6. The van der Waals surface area contributed by atoms with Gasteiger partial charge in [0.25, 0.3) is 0 Å². The third-order valence-corrected chi connectivity index (χ3v) is 4.87. The molecule has 0 saturated heterocycles. The van der Waals surface area contributed by atoms with E-state index in [0.717, 1.165) is 0 Å². The van der Waals surface area contributed by atoms with Crippen LogP contribution in [0.4, 0.5) is 0 Å². The highest BCUT2D eigenvalue weighted by Crippen LogP contribution is 2.51. The molecular weight excluding hydrogens is 296 g/mol. The lowest BCUT2D eigenvalue weighted by Gasteiger charge is -2.33. The number of fused-ring (bicyclic) bond motifs is 1. The fourth-order valence-electron chi connectivity index (χ4n) is 3.71. The van der Waals surface area contributed by atoms with Crippen molar-refractivity contribution in [3.8, 4) is 0 Å². The molecule has 3 heteroatoms. The highest BCUT2D eigenvalue weighted by Gasteiger charge is 2.41. The summed E-state index contributed by atoms with van der Waals surface area (Å²) in [5, 5.41) is 0.609. The van der Waals surface area contributed by atoms with E-state index in [0.29, 0.717) is 5.03 Å². The minimum atomic E-state index is -0.450. The molecule has 0 saturated carbocycles. The molecule has 3 aliphatic carbocycles. The van der Waals surface area contributed by atoms with Gasteiger partial charge in [-0.2, -0.15) is 0 Å². The number of benzene rings is 2. The second kappa shape index (κ2) is 4.99. The quantitative estimate of drug-likeness (QED) is 0.733. The summed E-state index contributed by atoms with van der Waals surface area (Å²) in [5.74, 6) is -0.229. The fourth-order valence-corrected chi connectivity index (χ4v) is 4.01. The van der Waals surface area contributed by atoms with Gasteiger partial charge in [-0.15, -0.1) is 0 Å². The summed E-state index contributed by atoms with van der Waals surface area (Å²) in [7, 11) is 0. The molecule has 2 bridgehead atoms. The van der Waals surface area contributed by atoms with Crippen LogP contribution in [-0.4, -0.2) is 12.1 Å². The average Bonchev–Trinajstić information content (AvgIpc) is 2.71. The minimum absolute atomic E-state index is 0.0428. The van der Waals surface area contributed by atoms with E-state index < -0.39 is 6.10 Å². The van der Waals surface area contributed by atoms with Gasteiger partial charge in [-0.1, -0.05) is 66.2 Å². The predicted molar refractivity (Wildman–Crippen MR) is 86.1 cm³/mol. The number of carbonyl (C=O) groups is 1. The van der Waals surface area contributed by atoms with E-state index in [-0.39, 0.29) is 17.8 Å². The second-order valence-electron chi connectivity index (χ2n) is 5.79. The van der Waals surface area contributed by atoms with Crippen molar-refractivity contribution in [2.24, 2.45) is 0 Å². The number of hydrogen-bond acceptors (Lipinski definition) is 2. The molecule has 0 fully saturated rings. The number of carbonyl (C=O) groups excluding carboxylic acids is 1. The highest BCUT2D eigenvalue weighted by molar-refractivity contribution is 6.30. The number of hydrogen-bond donors (Lipinski definition) is 0. The van der Waals surface area contributed by atoms with Gasteiger partial charge in [0.05, 0.1) is 11.0 Å². The zero-order chi connectivity index (χ0) is 15.3. The summed E-state index contributed by atoms with van der Waals surface area (Å²) < 4.78 is 5.59. The van der Waals surface area contributed by atoms with Crippen LogP contribution in [0.25, 0.3) is 0 Å². The van der Waals surface area contributed by atoms with Crippen molar-refractivity contribution in [1.82, 2.24) is 0 Å². The fraction of sp³-hybridized carbons (Fsp3) is 0.211. The molecule has 0 unspecified atom stereocenters. The van der Waals surface area contributed by atoms with Gasteiger partial charge in [0.2, 0.25) is 0 Å². The van der Waals surface area contributed by atoms with E-state index in [9.17, 15) is 4.79 Å². The topological polar surface area (TPSA) is 26.3 Å². The molecule has 2 aromatic carbocycles. The highest BCUT2D eigenvalue weighted by atomic mass is 35.5. The predicted octanol–water partition coefficient (Wildman–Crippen LogP) is 4.33. The number of allylic oxidation sites excluding steroid dienone is 1.